The number of hydrogen-bond acceptors (Lipinski definition) is 2. The van der Waals surface area contributed by atoms with Crippen LogP contribution in [-0.2, 0) is 10.9 Å². The Bertz CT molecular complexity index is 335. The lowest BCUT2D eigenvalue weighted by Gasteiger charge is -2.13. The van der Waals surface area contributed by atoms with Crippen LogP contribution in [0.15, 0.2) is 18.2 Å². The molecular weight excluding hydrogens is 216 g/mol. The third kappa shape index (κ3) is 3.09. The van der Waals surface area contributed by atoms with E-state index in [0.717, 1.165) is 12.1 Å². The average Bonchev–Trinajstić information content (AvgIpc) is 2.14. The van der Waals surface area contributed by atoms with Gasteiger partial charge in [0, 0.05) is 7.11 Å². The normalized spacial score (nSPS) is 11.5. The van der Waals surface area contributed by atoms with Crippen LogP contribution in [-0.4, -0.2) is 13.9 Å². The van der Waals surface area contributed by atoms with Crippen LogP contribution in [0, 0.1) is 5.82 Å². The number of methoxy groups -OCH3 is 1. The summed E-state index contributed by atoms with van der Waals surface area (Å²) >= 11 is 0. The Labute approximate surface area is 83.4 Å². The zero-order valence-electron chi connectivity index (χ0n) is 7.77. The van der Waals surface area contributed by atoms with Gasteiger partial charge < -0.3 is 9.47 Å². The Balaban J connectivity index is 3.04. The second kappa shape index (κ2) is 4.48. The molecule has 0 aliphatic rings. The summed E-state index contributed by atoms with van der Waals surface area (Å²) in [4.78, 5) is 0. The van der Waals surface area contributed by atoms with Gasteiger partial charge in [0.1, 0.15) is 17.1 Å². The Kier molecular flexibility index (Phi) is 3.52. The molecule has 15 heavy (non-hydrogen) atoms. The van der Waals surface area contributed by atoms with Crippen molar-refractivity contribution in [1.29, 1.82) is 0 Å². The van der Waals surface area contributed by atoms with E-state index in [2.05, 4.69) is 9.47 Å². The molecule has 2 nitrogen and oxygen atoms in total. The lowest BCUT2D eigenvalue weighted by molar-refractivity contribution is -0.139. The van der Waals surface area contributed by atoms with Crippen LogP contribution < -0.4 is 4.74 Å². The molecule has 1 aromatic carbocycles. The highest BCUT2D eigenvalue weighted by molar-refractivity contribution is 5.36. The van der Waals surface area contributed by atoms with E-state index in [9.17, 15) is 17.6 Å². The minimum Gasteiger partial charge on any atom is -0.467 e. The molecule has 6 heteroatoms. The van der Waals surface area contributed by atoms with Gasteiger partial charge in [-0.15, -0.1) is 0 Å². The topological polar surface area (TPSA) is 18.5 Å². The molecule has 0 radical (unpaired) electrons. The summed E-state index contributed by atoms with van der Waals surface area (Å²) < 4.78 is 58.8. The molecule has 0 spiro atoms. The third-order valence-corrected chi connectivity index (χ3v) is 1.58. The molecule has 1 rings (SSSR count). The van der Waals surface area contributed by atoms with E-state index in [-0.39, 0.29) is 6.79 Å². The average molecular weight is 224 g/mol. The predicted molar refractivity (Wildman–Crippen MR) is 43.9 cm³/mol. The SMILES string of the molecule is COCOc1ccc(F)cc1C(F)(F)F. The van der Waals surface area contributed by atoms with Gasteiger partial charge in [-0.2, -0.15) is 13.2 Å². The summed E-state index contributed by atoms with van der Waals surface area (Å²) in [6, 6.07) is 2.18. The minimum atomic E-state index is -4.65. The number of ether oxygens (including phenoxy) is 2. The van der Waals surface area contributed by atoms with Gasteiger partial charge >= 0.3 is 6.18 Å². The maximum atomic E-state index is 12.6. The van der Waals surface area contributed by atoms with Crippen molar-refractivity contribution < 1.29 is 27.0 Å². The van der Waals surface area contributed by atoms with Gasteiger partial charge in [0.25, 0.3) is 0 Å². The van der Waals surface area contributed by atoms with E-state index in [1.165, 1.54) is 7.11 Å². The first-order chi connectivity index (χ1) is 6.95. The maximum Gasteiger partial charge on any atom is 0.420 e. The third-order valence-electron chi connectivity index (χ3n) is 1.58. The van der Waals surface area contributed by atoms with Crippen LogP contribution in [0.25, 0.3) is 0 Å². The molecule has 0 bridgehead atoms. The van der Waals surface area contributed by atoms with Gasteiger partial charge in [0.05, 0.1) is 0 Å². The maximum absolute atomic E-state index is 12.6. The summed E-state index contributed by atoms with van der Waals surface area (Å²) in [5, 5.41) is 0. The lowest BCUT2D eigenvalue weighted by Crippen LogP contribution is -2.10. The van der Waals surface area contributed by atoms with E-state index in [0.29, 0.717) is 6.07 Å². The number of benzene rings is 1. The van der Waals surface area contributed by atoms with E-state index >= 15 is 0 Å². The quantitative estimate of drug-likeness (QED) is 0.580. The highest BCUT2D eigenvalue weighted by atomic mass is 19.4. The van der Waals surface area contributed by atoms with Crippen molar-refractivity contribution >= 4 is 0 Å². The van der Waals surface area contributed by atoms with Crippen molar-refractivity contribution in [3.8, 4) is 5.75 Å². The van der Waals surface area contributed by atoms with Crippen LogP contribution in [0.5, 0.6) is 5.75 Å². The zero-order valence-corrected chi connectivity index (χ0v) is 7.77. The second-order valence-corrected chi connectivity index (χ2v) is 2.69. The summed E-state index contributed by atoms with van der Waals surface area (Å²) in [6.07, 6.45) is -4.65. The fraction of sp³-hybridized carbons (Fsp3) is 0.333. The summed E-state index contributed by atoms with van der Waals surface area (Å²) in [5.41, 5.74) is -1.15. The summed E-state index contributed by atoms with van der Waals surface area (Å²) in [7, 11) is 1.27. The van der Waals surface area contributed by atoms with E-state index in [4.69, 9.17) is 0 Å². The van der Waals surface area contributed by atoms with Crippen LogP contribution in [0.4, 0.5) is 17.6 Å². The van der Waals surface area contributed by atoms with Gasteiger partial charge in [0.2, 0.25) is 0 Å². The monoisotopic (exact) mass is 224 g/mol. The molecule has 0 amide bonds. The Morgan fingerprint density at radius 2 is 1.93 bits per heavy atom. The zero-order chi connectivity index (χ0) is 11.5. The molecule has 0 saturated carbocycles. The van der Waals surface area contributed by atoms with E-state index in [1.807, 2.05) is 0 Å². The summed E-state index contributed by atoms with van der Waals surface area (Å²) in [6.45, 7) is -0.325. The fourth-order valence-electron chi connectivity index (χ4n) is 0.972. The molecule has 0 aliphatic heterocycles. The molecule has 0 saturated heterocycles. The Morgan fingerprint density at radius 3 is 2.47 bits per heavy atom. The number of hydrogen-bond donors (Lipinski definition) is 0. The largest absolute Gasteiger partial charge is 0.467 e. The van der Waals surface area contributed by atoms with Crippen LogP contribution in [0.2, 0.25) is 0 Å². The highest BCUT2D eigenvalue weighted by Crippen LogP contribution is 2.36. The molecule has 1 aromatic rings. The standard InChI is InChI=1S/C9H8F4O2/c1-14-5-15-8-3-2-6(10)4-7(8)9(11,12)13/h2-4H,5H2,1H3. The van der Waals surface area contributed by atoms with Crippen molar-refractivity contribution in [2.24, 2.45) is 0 Å². The number of halogens is 4. The molecular formula is C9H8F4O2. The van der Waals surface area contributed by atoms with E-state index < -0.39 is 23.3 Å². The lowest BCUT2D eigenvalue weighted by atomic mass is 10.2. The summed E-state index contributed by atoms with van der Waals surface area (Å²) in [5.74, 6) is -1.42. The Hall–Kier alpha value is -1.30. The van der Waals surface area contributed by atoms with Crippen LogP contribution in [0.1, 0.15) is 5.56 Å². The van der Waals surface area contributed by atoms with Crippen molar-refractivity contribution in [2.75, 3.05) is 13.9 Å². The molecule has 0 unspecified atom stereocenters. The van der Waals surface area contributed by atoms with Crippen LogP contribution >= 0.6 is 0 Å². The highest BCUT2D eigenvalue weighted by Gasteiger charge is 2.34. The smallest absolute Gasteiger partial charge is 0.420 e. The molecule has 0 N–H and O–H groups in total. The van der Waals surface area contributed by atoms with E-state index in [1.54, 1.807) is 0 Å². The molecule has 84 valence electrons. The van der Waals surface area contributed by atoms with Gasteiger partial charge in [-0.05, 0) is 18.2 Å². The first kappa shape index (κ1) is 11.8. The minimum absolute atomic E-state index is 0.325. The fourth-order valence-corrected chi connectivity index (χ4v) is 0.972. The number of alkyl halides is 3. The second-order valence-electron chi connectivity index (χ2n) is 2.69. The van der Waals surface area contributed by atoms with Crippen LogP contribution in [0.3, 0.4) is 0 Å². The van der Waals surface area contributed by atoms with Gasteiger partial charge in [-0.3, -0.25) is 0 Å². The molecule has 0 heterocycles. The molecule has 0 atom stereocenters. The van der Waals surface area contributed by atoms with Crippen molar-refractivity contribution in [2.45, 2.75) is 6.18 Å². The molecule has 0 aromatic heterocycles. The van der Waals surface area contributed by atoms with Gasteiger partial charge in [0.15, 0.2) is 6.79 Å². The molecule has 0 aliphatic carbocycles. The number of rotatable bonds is 3. The van der Waals surface area contributed by atoms with Gasteiger partial charge in [-0.25, -0.2) is 4.39 Å². The molecule has 0 fully saturated rings. The van der Waals surface area contributed by atoms with Crippen molar-refractivity contribution in [3.05, 3.63) is 29.6 Å². The van der Waals surface area contributed by atoms with Crippen molar-refractivity contribution in [3.63, 3.8) is 0 Å². The first-order valence-corrected chi connectivity index (χ1v) is 3.93. The first-order valence-electron chi connectivity index (χ1n) is 3.93. The van der Waals surface area contributed by atoms with Gasteiger partial charge in [-0.1, -0.05) is 0 Å². The van der Waals surface area contributed by atoms with Crippen molar-refractivity contribution in [1.82, 2.24) is 0 Å². The Morgan fingerprint density at radius 1 is 1.27 bits per heavy atom. The predicted octanol–water partition coefficient (Wildman–Crippen LogP) is 2.83.